The maximum Gasteiger partial charge on any atom is 0.410 e. The van der Waals surface area contributed by atoms with Crippen molar-refractivity contribution in [1.29, 1.82) is 0 Å². The van der Waals surface area contributed by atoms with E-state index in [-0.39, 0.29) is 29.7 Å². The summed E-state index contributed by atoms with van der Waals surface area (Å²) in [6, 6.07) is 11.4. The Morgan fingerprint density at radius 3 is 1.54 bits per heavy atom. The third kappa shape index (κ3) is 14.1. The number of esters is 2. The Balaban J connectivity index is 0.000000216. The molecule has 59 heavy (non-hydrogen) atoms. The van der Waals surface area contributed by atoms with Crippen LogP contribution < -0.4 is 14.8 Å². The van der Waals surface area contributed by atoms with E-state index in [9.17, 15) is 24.0 Å². The number of amides is 2. The largest absolute Gasteiger partial charge is 0.475 e. The van der Waals surface area contributed by atoms with Crippen LogP contribution in [0.1, 0.15) is 94.3 Å². The van der Waals surface area contributed by atoms with Gasteiger partial charge in [0.1, 0.15) is 22.7 Å². The van der Waals surface area contributed by atoms with E-state index >= 15 is 0 Å². The fourth-order valence-corrected chi connectivity index (χ4v) is 6.26. The van der Waals surface area contributed by atoms with Gasteiger partial charge in [0.05, 0.1) is 19.8 Å². The Morgan fingerprint density at radius 2 is 1.10 bits per heavy atom. The van der Waals surface area contributed by atoms with E-state index in [0.29, 0.717) is 56.6 Å². The normalized spacial score (nSPS) is 18.0. The number of methoxy groups -OCH3 is 2. The predicted octanol–water partition coefficient (Wildman–Crippen LogP) is 5.85. The summed E-state index contributed by atoms with van der Waals surface area (Å²) in [4.78, 5) is 64.0. The molecule has 2 heterocycles. The van der Waals surface area contributed by atoms with Gasteiger partial charge in [0, 0.05) is 90.1 Å². The van der Waals surface area contributed by atoms with Gasteiger partial charge in [-0.2, -0.15) is 0 Å². The van der Waals surface area contributed by atoms with Crippen LogP contribution in [0.4, 0.5) is 9.59 Å². The van der Waals surface area contributed by atoms with Crippen LogP contribution in [0.3, 0.4) is 0 Å². The van der Waals surface area contributed by atoms with Gasteiger partial charge in [-0.3, -0.25) is 9.69 Å². The number of carbonyl (C=O) groups excluding carboxylic acids is 5. The third-order valence-corrected chi connectivity index (χ3v) is 9.84. The van der Waals surface area contributed by atoms with Crippen molar-refractivity contribution >= 4 is 30.4 Å². The van der Waals surface area contributed by atoms with Crippen LogP contribution >= 0.6 is 0 Å². The second kappa shape index (κ2) is 19.9. The minimum Gasteiger partial charge on any atom is -0.475 e. The number of nitrogens with one attached hydrogen (secondary N) is 1. The Bertz CT molecular complexity index is 1780. The molecule has 6 rings (SSSR count). The summed E-state index contributed by atoms with van der Waals surface area (Å²) in [5.74, 6) is 0.497. The summed E-state index contributed by atoms with van der Waals surface area (Å²) in [6.45, 7) is 21.9. The number of aryl methyl sites for hydroxylation is 2. The Labute approximate surface area is 348 Å². The van der Waals surface area contributed by atoms with Gasteiger partial charge in [-0.25, -0.2) is 19.2 Å². The molecule has 1 N–H and O–H groups in total. The van der Waals surface area contributed by atoms with E-state index in [0.717, 1.165) is 68.0 Å². The number of ether oxygens (including phenoxy) is 6. The standard InChI is InChI=1S/C22H32N2O5.C13H14O4.C9H18N2O2/c1-16-6-7-17(18(14-16)28-22(8-9-22)19(25)27-5)15-23-10-12-24(13-11-23)20(26)29-21(2,3)4;1-9-3-4-10(8-14)11(7-9)17-13(5-6-13)12(15)16-2;1-9(2,3)13-8(12)11-6-4-10-5-7-11/h6-7,14H,8-13,15H2,1-5H3;3-4,7-8H,5-6H2,1-2H3;10H,4-7H2,1-3H3. The molecule has 2 saturated carbocycles. The zero-order chi connectivity index (χ0) is 43.6. The van der Waals surface area contributed by atoms with E-state index in [1.54, 1.807) is 21.9 Å². The zero-order valence-electron chi connectivity index (χ0n) is 36.6. The van der Waals surface area contributed by atoms with Crippen LogP contribution in [0.5, 0.6) is 11.5 Å². The zero-order valence-corrected chi connectivity index (χ0v) is 36.6. The first kappa shape index (κ1) is 46.8. The summed E-state index contributed by atoms with van der Waals surface area (Å²) in [5.41, 5.74) is 0.975. The van der Waals surface area contributed by atoms with E-state index in [2.05, 4.69) is 22.3 Å². The van der Waals surface area contributed by atoms with E-state index in [4.69, 9.17) is 28.4 Å². The maximum atomic E-state index is 12.2. The highest BCUT2D eigenvalue weighted by Gasteiger charge is 2.55. The molecule has 0 aromatic heterocycles. The Hall–Kier alpha value is -4.89. The lowest BCUT2D eigenvalue weighted by molar-refractivity contribution is -0.151. The van der Waals surface area contributed by atoms with Crippen molar-refractivity contribution in [3.8, 4) is 11.5 Å². The van der Waals surface area contributed by atoms with Crippen LogP contribution in [-0.4, -0.2) is 134 Å². The maximum absolute atomic E-state index is 12.2. The van der Waals surface area contributed by atoms with Crippen molar-refractivity contribution in [2.24, 2.45) is 0 Å². The topological polar surface area (TPSA) is 162 Å². The number of rotatable bonds is 9. The highest BCUT2D eigenvalue weighted by molar-refractivity contribution is 5.85. The molecule has 2 aliphatic heterocycles. The fourth-order valence-electron chi connectivity index (χ4n) is 6.26. The van der Waals surface area contributed by atoms with E-state index in [1.165, 1.54) is 14.2 Å². The lowest BCUT2D eigenvalue weighted by atomic mass is 10.1. The van der Waals surface area contributed by atoms with E-state index < -0.39 is 16.8 Å². The summed E-state index contributed by atoms with van der Waals surface area (Å²) in [7, 11) is 2.73. The molecule has 2 aromatic rings. The van der Waals surface area contributed by atoms with Crippen LogP contribution in [0.15, 0.2) is 36.4 Å². The van der Waals surface area contributed by atoms with Gasteiger partial charge >= 0.3 is 24.1 Å². The first-order chi connectivity index (χ1) is 27.7. The number of hydrogen-bond donors (Lipinski definition) is 1. The first-order valence-corrected chi connectivity index (χ1v) is 20.3. The van der Waals surface area contributed by atoms with Crippen molar-refractivity contribution in [3.63, 3.8) is 0 Å². The van der Waals surface area contributed by atoms with Crippen molar-refractivity contribution in [2.75, 3.05) is 66.6 Å². The number of piperazine rings is 2. The lowest BCUT2D eigenvalue weighted by Crippen LogP contribution is -2.49. The molecule has 2 saturated heterocycles. The highest BCUT2D eigenvalue weighted by Crippen LogP contribution is 2.43. The van der Waals surface area contributed by atoms with Crippen molar-refractivity contribution in [2.45, 2.75) is 110 Å². The average Bonchev–Trinajstić information content (AvgIpc) is 4.13. The molecular weight excluding hydrogens is 761 g/mol. The highest BCUT2D eigenvalue weighted by atomic mass is 16.6. The molecule has 2 aromatic carbocycles. The average molecular weight is 825 g/mol. The third-order valence-electron chi connectivity index (χ3n) is 9.84. The molecule has 0 spiro atoms. The predicted molar refractivity (Wildman–Crippen MR) is 221 cm³/mol. The van der Waals surface area contributed by atoms with Gasteiger partial charge in [0.15, 0.2) is 6.29 Å². The number of aldehydes is 1. The summed E-state index contributed by atoms with van der Waals surface area (Å²) in [5, 5.41) is 3.18. The molecule has 0 radical (unpaired) electrons. The monoisotopic (exact) mass is 824 g/mol. The van der Waals surface area contributed by atoms with Crippen LogP contribution in [0.2, 0.25) is 0 Å². The van der Waals surface area contributed by atoms with Crippen molar-refractivity contribution in [3.05, 3.63) is 58.7 Å². The SMILES string of the molecule is CC(C)(C)OC(=O)N1CCNCC1.COC(=O)C1(Oc2cc(C)ccc2C=O)CC1.COC(=O)C1(Oc2cc(C)ccc2CN2CCN(C(=O)OC(C)(C)C)CC2)CC1. The fraction of sp³-hybridized carbons (Fsp3) is 0.614. The first-order valence-electron chi connectivity index (χ1n) is 20.3. The van der Waals surface area contributed by atoms with Crippen LogP contribution in [-0.2, 0) is 35.1 Å². The van der Waals surface area contributed by atoms with E-state index in [1.807, 2.05) is 67.5 Å². The van der Waals surface area contributed by atoms with Gasteiger partial charge in [-0.05, 0) is 84.7 Å². The van der Waals surface area contributed by atoms with Crippen LogP contribution in [0, 0.1) is 13.8 Å². The molecule has 326 valence electrons. The number of carbonyl (C=O) groups is 5. The molecule has 4 fully saturated rings. The number of nitrogens with zero attached hydrogens (tertiary/aromatic N) is 3. The molecular formula is C44H64N4O11. The summed E-state index contributed by atoms with van der Waals surface area (Å²) >= 11 is 0. The van der Waals surface area contributed by atoms with Gasteiger partial charge < -0.3 is 43.5 Å². The van der Waals surface area contributed by atoms with Gasteiger partial charge in [0.25, 0.3) is 0 Å². The number of hydrogen-bond acceptors (Lipinski definition) is 13. The van der Waals surface area contributed by atoms with Gasteiger partial charge in [-0.1, -0.05) is 18.2 Å². The molecule has 2 aliphatic carbocycles. The molecule has 0 bridgehead atoms. The lowest BCUT2D eigenvalue weighted by Gasteiger charge is -2.35. The van der Waals surface area contributed by atoms with Gasteiger partial charge in [0.2, 0.25) is 11.2 Å². The Morgan fingerprint density at radius 1 is 0.661 bits per heavy atom. The second-order valence-corrected chi connectivity index (χ2v) is 17.4. The van der Waals surface area contributed by atoms with Crippen LogP contribution in [0.25, 0.3) is 0 Å². The van der Waals surface area contributed by atoms with Crippen molar-refractivity contribution in [1.82, 2.24) is 20.0 Å². The summed E-state index contributed by atoms with van der Waals surface area (Å²) < 4.78 is 32.1. The minimum atomic E-state index is -0.875. The quantitative estimate of drug-likeness (QED) is 0.182. The minimum absolute atomic E-state index is 0.200. The molecule has 4 aliphatic rings. The molecule has 2 amide bonds. The van der Waals surface area contributed by atoms with Crippen molar-refractivity contribution < 1.29 is 52.4 Å². The smallest absolute Gasteiger partial charge is 0.410 e. The molecule has 0 atom stereocenters. The number of benzene rings is 2. The molecule has 15 nitrogen and oxygen atoms in total. The Kier molecular flexibility index (Phi) is 15.8. The summed E-state index contributed by atoms with van der Waals surface area (Å²) in [6.07, 6.45) is 2.89. The second-order valence-electron chi connectivity index (χ2n) is 17.4. The van der Waals surface area contributed by atoms with Gasteiger partial charge in [-0.15, -0.1) is 0 Å². The molecule has 15 heteroatoms. The molecule has 0 unspecified atom stereocenters.